The minimum atomic E-state index is -0.391. The Hall–Kier alpha value is -1.68. The Labute approximate surface area is 161 Å². The Morgan fingerprint density at radius 2 is 1.68 bits per heavy atom. The van der Waals surface area contributed by atoms with Crippen LogP contribution in [0.4, 0.5) is 0 Å². The van der Waals surface area contributed by atoms with E-state index >= 15 is 0 Å². The number of esters is 1. The molecule has 0 saturated heterocycles. The predicted molar refractivity (Wildman–Crippen MR) is 106 cm³/mol. The molecule has 0 amide bonds. The van der Waals surface area contributed by atoms with Crippen molar-refractivity contribution in [2.75, 3.05) is 5.75 Å². The van der Waals surface area contributed by atoms with Gasteiger partial charge in [0.25, 0.3) is 0 Å². The van der Waals surface area contributed by atoms with E-state index in [0.717, 1.165) is 21.2 Å². The Balaban J connectivity index is 1.68. The molecule has 0 N–H and O–H groups in total. The molecule has 0 aliphatic rings. The third-order valence-electron chi connectivity index (χ3n) is 3.81. The number of carbonyl (C=O) groups excluding carboxylic acids is 1. The molecule has 25 heavy (non-hydrogen) atoms. The molecule has 0 unspecified atom stereocenters. The number of benzene rings is 3. The third-order valence-corrected chi connectivity index (χ3v) is 5.50. The summed E-state index contributed by atoms with van der Waals surface area (Å²) >= 11 is 13.9. The summed E-state index contributed by atoms with van der Waals surface area (Å²) in [6, 6.07) is 19.1. The van der Waals surface area contributed by atoms with Crippen molar-refractivity contribution < 1.29 is 9.53 Å². The largest absolute Gasteiger partial charge is 0.457 e. The zero-order valence-corrected chi connectivity index (χ0v) is 15.9. The molecule has 0 bridgehead atoms. The van der Waals surface area contributed by atoms with E-state index in [0.29, 0.717) is 10.0 Å². The van der Waals surface area contributed by atoms with E-state index in [4.69, 9.17) is 27.9 Å². The molecule has 0 aromatic heterocycles. The van der Waals surface area contributed by atoms with E-state index < -0.39 is 6.10 Å². The van der Waals surface area contributed by atoms with E-state index in [-0.39, 0.29) is 11.7 Å². The quantitative estimate of drug-likeness (QED) is 0.365. The van der Waals surface area contributed by atoms with Crippen LogP contribution in [0.1, 0.15) is 18.6 Å². The van der Waals surface area contributed by atoms with Crippen molar-refractivity contribution in [3.05, 3.63) is 76.3 Å². The number of halogens is 2. The van der Waals surface area contributed by atoms with Crippen LogP contribution in [0, 0.1) is 0 Å². The van der Waals surface area contributed by atoms with Crippen molar-refractivity contribution in [2.24, 2.45) is 0 Å². The second-order valence-electron chi connectivity index (χ2n) is 5.54. The monoisotopic (exact) mass is 390 g/mol. The highest BCUT2D eigenvalue weighted by atomic mass is 35.5. The summed E-state index contributed by atoms with van der Waals surface area (Å²) in [6.07, 6.45) is -0.391. The summed E-state index contributed by atoms with van der Waals surface area (Å²) in [4.78, 5) is 13.2. The first-order valence-corrected chi connectivity index (χ1v) is 9.54. The topological polar surface area (TPSA) is 26.3 Å². The van der Waals surface area contributed by atoms with Gasteiger partial charge in [0.1, 0.15) is 6.10 Å². The number of hydrogen-bond donors (Lipinski definition) is 0. The lowest BCUT2D eigenvalue weighted by Crippen LogP contribution is -2.11. The molecule has 0 radical (unpaired) electrons. The lowest BCUT2D eigenvalue weighted by molar-refractivity contribution is -0.145. The average Bonchev–Trinajstić information content (AvgIpc) is 2.60. The first kappa shape index (κ1) is 18.1. The van der Waals surface area contributed by atoms with Crippen LogP contribution in [0.2, 0.25) is 10.0 Å². The van der Waals surface area contributed by atoms with Crippen LogP contribution in [-0.4, -0.2) is 11.7 Å². The van der Waals surface area contributed by atoms with Gasteiger partial charge in [-0.3, -0.25) is 4.79 Å². The highest BCUT2D eigenvalue weighted by molar-refractivity contribution is 8.00. The van der Waals surface area contributed by atoms with Gasteiger partial charge < -0.3 is 4.74 Å². The highest BCUT2D eigenvalue weighted by Crippen LogP contribution is 2.33. The van der Waals surface area contributed by atoms with Crippen molar-refractivity contribution in [1.82, 2.24) is 0 Å². The maximum Gasteiger partial charge on any atom is 0.316 e. The van der Waals surface area contributed by atoms with E-state index in [2.05, 4.69) is 0 Å². The van der Waals surface area contributed by atoms with Gasteiger partial charge in [0, 0.05) is 25.9 Å². The van der Waals surface area contributed by atoms with Crippen molar-refractivity contribution in [2.45, 2.75) is 17.9 Å². The van der Waals surface area contributed by atoms with Crippen LogP contribution in [0.5, 0.6) is 0 Å². The smallest absolute Gasteiger partial charge is 0.316 e. The van der Waals surface area contributed by atoms with Crippen molar-refractivity contribution in [3.8, 4) is 0 Å². The molecule has 0 fully saturated rings. The number of thioether (sulfide) groups is 1. The molecule has 3 aromatic rings. The number of carbonyl (C=O) groups is 1. The fourth-order valence-electron chi connectivity index (χ4n) is 2.62. The van der Waals surface area contributed by atoms with E-state index in [1.54, 1.807) is 6.07 Å². The van der Waals surface area contributed by atoms with Gasteiger partial charge in [0.05, 0.1) is 5.75 Å². The second kappa shape index (κ2) is 8.13. The Bertz CT molecular complexity index is 906. The van der Waals surface area contributed by atoms with Crippen LogP contribution in [-0.2, 0) is 9.53 Å². The maximum absolute atomic E-state index is 12.2. The summed E-state index contributed by atoms with van der Waals surface area (Å²) < 4.78 is 5.50. The van der Waals surface area contributed by atoms with Crippen LogP contribution in [0.3, 0.4) is 0 Å². The predicted octanol–water partition coefficient (Wildman–Crippen LogP) is 6.54. The van der Waals surface area contributed by atoms with Crippen molar-refractivity contribution >= 4 is 51.7 Å². The Kier molecular flexibility index (Phi) is 5.89. The molecule has 3 aromatic carbocycles. The van der Waals surface area contributed by atoms with E-state index in [9.17, 15) is 4.79 Å². The van der Waals surface area contributed by atoms with E-state index in [1.165, 1.54) is 11.8 Å². The summed E-state index contributed by atoms with van der Waals surface area (Å²) in [7, 11) is 0. The summed E-state index contributed by atoms with van der Waals surface area (Å²) in [5, 5.41) is 3.29. The summed E-state index contributed by atoms with van der Waals surface area (Å²) in [6.45, 7) is 1.82. The van der Waals surface area contributed by atoms with Gasteiger partial charge in [-0.15, -0.1) is 11.8 Å². The molecule has 0 aliphatic heterocycles. The van der Waals surface area contributed by atoms with Gasteiger partial charge in [-0.1, -0.05) is 65.7 Å². The summed E-state index contributed by atoms with van der Waals surface area (Å²) in [5.74, 6) is -0.0828. The Morgan fingerprint density at radius 3 is 2.44 bits per heavy atom. The number of hydrogen-bond acceptors (Lipinski definition) is 3. The van der Waals surface area contributed by atoms with Gasteiger partial charge in [-0.2, -0.15) is 0 Å². The highest BCUT2D eigenvalue weighted by Gasteiger charge is 2.15. The van der Waals surface area contributed by atoms with Crippen LogP contribution in [0.15, 0.2) is 65.6 Å². The normalized spacial score (nSPS) is 12.1. The molecular formula is C20H16Cl2O2S. The number of ether oxygens (including phenoxy) is 1. The number of fused-ring (bicyclic) bond motifs is 1. The molecule has 128 valence electrons. The molecule has 0 saturated carbocycles. The average molecular weight is 391 g/mol. The molecular weight excluding hydrogens is 375 g/mol. The van der Waals surface area contributed by atoms with Gasteiger partial charge in [-0.25, -0.2) is 0 Å². The molecule has 2 nitrogen and oxygen atoms in total. The molecule has 1 atom stereocenters. The fourth-order valence-corrected chi connectivity index (χ4v) is 4.14. The molecule has 5 heteroatoms. The van der Waals surface area contributed by atoms with Crippen molar-refractivity contribution in [1.29, 1.82) is 0 Å². The third kappa shape index (κ3) is 4.30. The second-order valence-corrected chi connectivity index (χ2v) is 7.37. The van der Waals surface area contributed by atoms with Crippen LogP contribution < -0.4 is 0 Å². The molecule has 0 aliphatic carbocycles. The molecule has 0 heterocycles. The number of rotatable bonds is 5. The minimum absolute atomic E-state index is 0.207. The van der Waals surface area contributed by atoms with Gasteiger partial charge in [0.15, 0.2) is 0 Å². The zero-order valence-electron chi connectivity index (χ0n) is 13.5. The SMILES string of the molecule is C[C@H](OC(=O)CSc1cccc2cccc(Cl)c12)c1ccccc1Cl. The summed E-state index contributed by atoms with van der Waals surface area (Å²) in [5.41, 5.74) is 0.802. The Morgan fingerprint density at radius 1 is 1.00 bits per heavy atom. The standard InChI is InChI=1S/C20H16Cl2O2S/c1-13(15-8-2-3-9-16(15)21)24-19(23)12-25-18-11-5-7-14-6-4-10-17(22)20(14)18/h2-11,13H,12H2,1H3/t13-/m0/s1. The molecule has 3 rings (SSSR count). The fraction of sp³-hybridized carbons (Fsp3) is 0.150. The molecule has 0 spiro atoms. The first-order chi connectivity index (χ1) is 12.1. The van der Waals surface area contributed by atoms with Crippen LogP contribution in [0.25, 0.3) is 10.8 Å². The maximum atomic E-state index is 12.2. The van der Waals surface area contributed by atoms with Crippen molar-refractivity contribution in [3.63, 3.8) is 0 Å². The van der Waals surface area contributed by atoms with Gasteiger partial charge >= 0.3 is 5.97 Å². The van der Waals surface area contributed by atoms with Gasteiger partial charge in [-0.05, 0) is 30.5 Å². The first-order valence-electron chi connectivity index (χ1n) is 7.80. The van der Waals surface area contributed by atoms with Gasteiger partial charge in [0.2, 0.25) is 0 Å². The van der Waals surface area contributed by atoms with Crippen LogP contribution >= 0.6 is 35.0 Å². The zero-order chi connectivity index (χ0) is 17.8. The minimum Gasteiger partial charge on any atom is -0.457 e. The lowest BCUT2D eigenvalue weighted by atomic mass is 10.1. The van der Waals surface area contributed by atoms with E-state index in [1.807, 2.05) is 61.5 Å². The lowest BCUT2D eigenvalue weighted by Gasteiger charge is -2.15.